The Morgan fingerprint density at radius 3 is 3.00 bits per heavy atom. The van der Waals surface area contributed by atoms with Crippen LogP contribution in [0.5, 0.6) is 0 Å². The molecule has 2 aliphatic rings. The van der Waals surface area contributed by atoms with Crippen LogP contribution in [0.15, 0.2) is 11.6 Å². The van der Waals surface area contributed by atoms with Gasteiger partial charge in [0.15, 0.2) is 5.13 Å². The number of anilines is 1. The second-order valence-corrected chi connectivity index (χ2v) is 6.82. The van der Waals surface area contributed by atoms with Crippen molar-refractivity contribution in [1.82, 2.24) is 9.88 Å². The lowest BCUT2D eigenvalue weighted by Crippen LogP contribution is -2.57. The number of thioether (sulfide) groups is 1. The lowest BCUT2D eigenvalue weighted by Gasteiger charge is -2.43. The van der Waals surface area contributed by atoms with Crippen molar-refractivity contribution in [3.8, 4) is 0 Å². The van der Waals surface area contributed by atoms with E-state index in [4.69, 9.17) is 4.74 Å². The van der Waals surface area contributed by atoms with Crippen molar-refractivity contribution in [3.63, 3.8) is 0 Å². The van der Waals surface area contributed by atoms with E-state index in [1.54, 1.807) is 11.3 Å². The first-order valence-corrected chi connectivity index (χ1v) is 8.46. The molecule has 2 aliphatic heterocycles. The number of rotatable bonds is 4. The summed E-state index contributed by atoms with van der Waals surface area (Å²) in [5.41, 5.74) is 0.306. The summed E-state index contributed by atoms with van der Waals surface area (Å²) in [6.45, 7) is 4.90. The number of nitrogens with one attached hydrogen (secondary N) is 1. The van der Waals surface area contributed by atoms with Crippen molar-refractivity contribution in [2.75, 3.05) is 49.7 Å². The van der Waals surface area contributed by atoms with Crippen LogP contribution in [-0.2, 0) is 4.74 Å². The smallest absolute Gasteiger partial charge is 0.182 e. The van der Waals surface area contributed by atoms with Gasteiger partial charge in [-0.05, 0) is 12.2 Å². The van der Waals surface area contributed by atoms with Crippen LogP contribution in [0.1, 0.15) is 6.42 Å². The van der Waals surface area contributed by atoms with Crippen LogP contribution >= 0.6 is 23.1 Å². The van der Waals surface area contributed by atoms with E-state index in [1.165, 1.54) is 17.9 Å². The fourth-order valence-electron chi connectivity index (χ4n) is 2.69. The third-order valence-corrected chi connectivity index (χ3v) is 5.73. The summed E-state index contributed by atoms with van der Waals surface area (Å²) in [5.74, 6) is 2.50. The molecule has 3 rings (SSSR count). The van der Waals surface area contributed by atoms with Crippen molar-refractivity contribution in [2.45, 2.75) is 12.0 Å². The SMILES string of the molecule is c1csc(NC[C@]2(N3CCOCC3)CCSC2)n1. The quantitative estimate of drug-likeness (QED) is 0.912. The Kier molecular flexibility index (Phi) is 4.08. The van der Waals surface area contributed by atoms with Crippen molar-refractivity contribution >= 4 is 28.2 Å². The normalized spacial score (nSPS) is 29.6. The van der Waals surface area contributed by atoms with E-state index in [9.17, 15) is 0 Å². The van der Waals surface area contributed by atoms with Gasteiger partial charge in [-0.25, -0.2) is 4.98 Å². The highest BCUT2D eigenvalue weighted by Crippen LogP contribution is 2.34. The van der Waals surface area contributed by atoms with E-state index >= 15 is 0 Å². The zero-order valence-corrected chi connectivity index (χ0v) is 12.1. The molecule has 0 amide bonds. The number of hydrogen-bond donors (Lipinski definition) is 1. The summed E-state index contributed by atoms with van der Waals surface area (Å²) in [5, 5.41) is 6.58. The molecule has 100 valence electrons. The molecule has 4 nitrogen and oxygen atoms in total. The number of morpholine rings is 1. The first-order valence-electron chi connectivity index (χ1n) is 6.43. The number of aromatic nitrogens is 1. The summed E-state index contributed by atoms with van der Waals surface area (Å²) in [7, 11) is 0. The van der Waals surface area contributed by atoms with Gasteiger partial charge in [-0.2, -0.15) is 11.8 Å². The fraction of sp³-hybridized carbons (Fsp3) is 0.750. The van der Waals surface area contributed by atoms with E-state index < -0.39 is 0 Å². The molecule has 2 saturated heterocycles. The van der Waals surface area contributed by atoms with Gasteiger partial charge in [-0.1, -0.05) is 0 Å². The predicted molar refractivity (Wildman–Crippen MR) is 77.7 cm³/mol. The van der Waals surface area contributed by atoms with Crippen molar-refractivity contribution in [2.24, 2.45) is 0 Å². The first-order chi connectivity index (χ1) is 8.89. The van der Waals surface area contributed by atoms with Crippen molar-refractivity contribution in [1.29, 1.82) is 0 Å². The van der Waals surface area contributed by atoms with Gasteiger partial charge in [0.05, 0.1) is 13.2 Å². The van der Waals surface area contributed by atoms with Gasteiger partial charge in [-0.3, -0.25) is 4.90 Å². The van der Waals surface area contributed by atoms with Crippen LogP contribution in [0.25, 0.3) is 0 Å². The number of thiazole rings is 1. The van der Waals surface area contributed by atoms with Crippen LogP contribution in [0.4, 0.5) is 5.13 Å². The van der Waals surface area contributed by atoms with E-state index in [0.29, 0.717) is 5.54 Å². The van der Waals surface area contributed by atoms with Crippen LogP contribution in [-0.4, -0.2) is 59.8 Å². The average molecular weight is 285 g/mol. The molecular weight excluding hydrogens is 266 g/mol. The van der Waals surface area contributed by atoms with Crippen molar-refractivity contribution < 1.29 is 4.74 Å². The molecule has 1 atom stereocenters. The molecule has 0 saturated carbocycles. The molecule has 0 radical (unpaired) electrons. The molecule has 18 heavy (non-hydrogen) atoms. The zero-order chi connectivity index (χ0) is 12.3. The Morgan fingerprint density at radius 1 is 1.44 bits per heavy atom. The maximum Gasteiger partial charge on any atom is 0.182 e. The minimum absolute atomic E-state index is 0.306. The Bertz CT molecular complexity index is 359. The molecular formula is C12H19N3OS2. The molecule has 3 heterocycles. The van der Waals surface area contributed by atoms with Crippen LogP contribution in [0.2, 0.25) is 0 Å². The van der Waals surface area contributed by atoms with E-state index in [-0.39, 0.29) is 0 Å². The van der Waals surface area contributed by atoms with E-state index in [1.807, 2.05) is 11.6 Å². The summed E-state index contributed by atoms with van der Waals surface area (Å²) in [4.78, 5) is 6.93. The molecule has 0 aromatic carbocycles. The van der Waals surface area contributed by atoms with Crippen LogP contribution in [0, 0.1) is 0 Å². The molecule has 6 heteroatoms. The minimum atomic E-state index is 0.306. The topological polar surface area (TPSA) is 37.4 Å². The Hall–Kier alpha value is -0.300. The fourth-order valence-corrected chi connectivity index (χ4v) is 4.69. The van der Waals surface area contributed by atoms with Gasteiger partial charge in [0.25, 0.3) is 0 Å². The molecule has 0 bridgehead atoms. The lowest BCUT2D eigenvalue weighted by atomic mass is 9.95. The highest BCUT2D eigenvalue weighted by molar-refractivity contribution is 7.99. The lowest BCUT2D eigenvalue weighted by molar-refractivity contribution is -0.00920. The number of nitrogens with zero attached hydrogens (tertiary/aromatic N) is 2. The summed E-state index contributed by atoms with van der Waals surface area (Å²) >= 11 is 3.75. The van der Waals surface area contributed by atoms with E-state index in [0.717, 1.165) is 38.0 Å². The third kappa shape index (κ3) is 2.66. The molecule has 1 aromatic rings. The Labute approximate surface area is 116 Å². The van der Waals surface area contributed by atoms with E-state index in [2.05, 4.69) is 27.0 Å². The largest absolute Gasteiger partial charge is 0.379 e. The molecule has 2 fully saturated rings. The number of ether oxygens (including phenoxy) is 1. The molecule has 1 N–H and O–H groups in total. The molecule has 1 aromatic heterocycles. The third-order valence-electron chi connectivity index (χ3n) is 3.77. The van der Waals surface area contributed by atoms with Gasteiger partial charge in [0, 0.05) is 42.5 Å². The molecule has 0 spiro atoms. The number of hydrogen-bond acceptors (Lipinski definition) is 6. The van der Waals surface area contributed by atoms with Crippen LogP contribution in [0.3, 0.4) is 0 Å². The predicted octanol–water partition coefficient (Wildman–Crippen LogP) is 1.76. The van der Waals surface area contributed by atoms with Gasteiger partial charge in [0.1, 0.15) is 0 Å². The highest BCUT2D eigenvalue weighted by atomic mass is 32.2. The zero-order valence-electron chi connectivity index (χ0n) is 10.4. The van der Waals surface area contributed by atoms with Gasteiger partial charge in [-0.15, -0.1) is 11.3 Å². The second-order valence-electron chi connectivity index (χ2n) is 4.82. The van der Waals surface area contributed by atoms with Crippen molar-refractivity contribution in [3.05, 3.63) is 11.6 Å². The average Bonchev–Trinajstić information content (AvgIpc) is 3.10. The maximum absolute atomic E-state index is 5.48. The highest BCUT2D eigenvalue weighted by Gasteiger charge is 2.40. The maximum atomic E-state index is 5.48. The summed E-state index contributed by atoms with van der Waals surface area (Å²) < 4.78 is 5.48. The molecule has 0 unspecified atom stereocenters. The molecule has 0 aliphatic carbocycles. The monoisotopic (exact) mass is 285 g/mol. The summed E-state index contributed by atoms with van der Waals surface area (Å²) in [6, 6.07) is 0. The van der Waals surface area contributed by atoms with Gasteiger partial charge < -0.3 is 10.1 Å². The van der Waals surface area contributed by atoms with Gasteiger partial charge in [0.2, 0.25) is 0 Å². The van der Waals surface area contributed by atoms with Crippen LogP contribution < -0.4 is 5.32 Å². The Balaban J connectivity index is 1.66. The first kappa shape index (κ1) is 12.7. The van der Waals surface area contributed by atoms with Gasteiger partial charge >= 0.3 is 0 Å². The minimum Gasteiger partial charge on any atom is -0.379 e. The Morgan fingerprint density at radius 2 is 2.33 bits per heavy atom. The second kappa shape index (κ2) is 5.77. The standard InChI is InChI=1S/C12H19N3OS2/c1-7-17-10-12(1,15-3-5-16-6-4-15)9-14-11-13-2-8-18-11/h2,8H,1,3-7,9-10H2,(H,13,14)/t12-/m1/s1. The summed E-state index contributed by atoms with van der Waals surface area (Å²) in [6.07, 6.45) is 3.13.